The van der Waals surface area contributed by atoms with Gasteiger partial charge in [-0.15, -0.1) is 10.2 Å². The highest BCUT2D eigenvalue weighted by molar-refractivity contribution is 5.87. The second-order valence-corrected chi connectivity index (χ2v) is 9.65. The van der Waals surface area contributed by atoms with E-state index in [9.17, 15) is 9.59 Å². The molecule has 2 fully saturated rings. The number of amides is 2. The molecule has 0 bridgehead atoms. The highest BCUT2D eigenvalue weighted by atomic mass is 16.5. The molecule has 2 aromatic carbocycles. The third-order valence-corrected chi connectivity index (χ3v) is 7.05. The minimum Gasteiger partial charge on any atom is -0.497 e. The van der Waals surface area contributed by atoms with Crippen LogP contribution in [-0.2, 0) is 16.0 Å². The number of piperazine rings is 1. The fourth-order valence-corrected chi connectivity index (χ4v) is 4.64. The lowest BCUT2D eigenvalue weighted by Crippen LogP contribution is -2.52. The molecular weight excluding hydrogens is 466 g/mol. The number of rotatable bonds is 9. The molecule has 0 atom stereocenters. The highest BCUT2D eigenvalue weighted by Crippen LogP contribution is 2.31. The Morgan fingerprint density at radius 2 is 1.73 bits per heavy atom. The van der Waals surface area contributed by atoms with Gasteiger partial charge in [-0.2, -0.15) is 0 Å². The van der Waals surface area contributed by atoms with E-state index in [0.717, 1.165) is 42.1 Å². The smallest absolute Gasteiger partial charge is 0.242 e. The van der Waals surface area contributed by atoms with Crippen molar-refractivity contribution in [3.05, 3.63) is 72.3 Å². The molecule has 3 aromatic rings. The first-order chi connectivity index (χ1) is 18.1. The van der Waals surface area contributed by atoms with E-state index in [1.807, 2.05) is 59.5 Å². The van der Waals surface area contributed by atoms with E-state index in [2.05, 4.69) is 27.2 Å². The molecule has 8 nitrogen and oxygen atoms in total. The molecule has 1 saturated carbocycles. The van der Waals surface area contributed by atoms with Crippen molar-refractivity contribution < 1.29 is 14.3 Å². The molecule has 2 heterocycles. The van der Waals surface area contributed by atoms with Gasteiger partial charge in [-0.1, -0.05) is 42.5 Å². The Hall–Kier alpha value is -3.94. The Morgan fingerprint density at radius 3 is 2.41 bits per heavy atom. The van der Waals surface area contributed by atoms with Crippen molar-refractivity contribution in [1.29, 1.82) is 0 Å². The van der Waals surface area contributed by atoms with Gasteiger partial charge in [0, 0.05) is 44.2 Å². The first-order valence-electron chi connectivity index (χ1n) is 12.9. The van der Waals surface area contributed by atoms with Gasteiger partial charge in [-0.3, -0.25) is 9.59 Å². The number of nitrogens with zero attached hydrogens (tertiary/aromatic N) is 5. The SMILES string of the molecule is COc1cccc(-c2ccc(N3CCN(C(=O)CN(CCc4ccccc4)C(=O)C4CC4)CC3)nn2)c1. The van der Waals surface area contributed by atoms with Crippen molar-refractivity contribution in [3.8, 4) is 17.0 Å². The van der Waals surface area contributed by atoms with Gasteiger partial charge in [0.15, 0.2) is 5.82 Å². The van der Waals surface area contributed by atoms with Crippen LogP contribution in [0.15, 0.2) is 66.7 Å². The first-order valence-corrected chi connectivity index (χ1v) is 12.9. The van der Waals surface area contributed by atoms with Crippen LogP contribution in [0.5, 0.6) is 5.75 Å². The molecular formula is C29H33N5O3. The number of anilines is 1. The fraction of sp³-hybridized carbons (Fsp3) is 0.379. The molecule has 1 aliphatic carbocycles. The van der Waals surface area contributed by atoms with Crippen LogP contribution in [-0.4, -0.2) is 78.2 Å². The van der Waals surface area contributed by atoms with Crippen molar-refractivity contribution in [2.45, 2.75) is 19.3 Å². The Balaban J connectivity index is 1.15. The van der Waals surface area contributed by atoms with Gasteiger partial charge in [0.05, 0.1) is 19.3 Å². The van der Waals surface area contributed by atoms with Crippen LogP contribution in [0.2, 0.25) is 0 Å². The number of carbonyl (C=O) groups is 2. The Labute approximate surface area is 217 Å². The summed E-state index contributed by atoms with van der Waals surface area (Å²) in [5, 5.41) is 8.84. The zero-order chi connectivity index (χ0) is 25.6. The number of hydrogen-bond acceptors (Lipinski definition) is 6. The number of aromatic nitrogens is 2. The predicted octanol–water partition coefficient (Wildman–Crippen LogP) is 3.28. The molecule has 2 aliphatic rings. The van der Waals surface area contributed by atoms with Crippen LogP contribution in [0.25, 0.3) is 11.3 Å². The molecule has 8 heteroatoms. The molecule has 0 spiro atoms. The zero-order valence-electron chi connectivity index (χ0n) is 21.3. The minimum absolute atomic E-state index is 0.0150. The van der Waals surface area contributed by atoms with Crippen molar-refractivity contribution in [2.24, 2.45) is 5.92 Å². The number of hydrogen-bond donors (Lipinski definition) is 0. The largest absolute Gasteiger partial charge is 0.497 e. The Kier molecular flexibility index (Phi) is 7.63. The van der Waals surface area contributed by atoms with E-state index < -0.39 is 0 Å². The quantitative estimate of drug-likeness (QED) is 0.450. The standard InChI is InChI=1S/C29H33N5O3/c1-37-25-9-5-8-24(20-25)26-12-13-27(31-30-26)32-16-18-33(19-17-32)28(35)21-34(29(36)23-10-11-23)15-14-22-6-3-2-4-7-22/h2-9,12-13,20,23H,10-11,14-19,21H2,1H3. The Morgan fingerprint density at radius 1 is 0.946 bits per heavy atom. The Bertz CT molecular complexity index is 1210. The van der Waals surface area contributed by atoms with Gasteiger partial charge < -0.3 is 19.4 Å². The van der Waals surface area contributed by atoms with Crippen molar-refractivity contribution in [3.63, 3.8) is 0 Å². The maximum atomic E-state index is 13.1. The molecule has 1 aliphatic heterocycles. The van der Waals surface area contributed by atoms with Gasteiger partial charge in [0.1, 0.15) is 5.75 Å². The molecule has 1 aromatic heterocycles. The van der Waals surface area contributed by atoms with Gasteiger partial charge >= 0.3 is 0 Å². The minimum atomic E-state index is 0.0150. The molecule has 1 saturated heterocycles. The van der Waals surface area contributed by atoms with Gasteiger partial charge in [0.2, 0.25) is 11.8 Å². The van der Waals surface area contributed by atoms with E-state index in [1.54, 1.807) is 12.0 Å². The number of ether oxygens (including phenoxy) is 1. The van der Waals surface area contributed by atoms with E-state index in [4.69, 9.17) is 4.74 Å². The predicted molar refractivity (Wildman–Crippen MR) is 142 cm³/mol. The van der Waals surface area contributed by atoms with Gasteiger partial charge in [-0.25, -0.2) is 0 Å². The molecule has 0 N–H and O–H groups in total. The topological polar surface area (TPSA) is 78.9 Å². The molecule has 2 amide bonds. The van der Waals surface area contributed by atoms with Crippen molar-refractivity contribution >= 4 is 17.6 Å². The van der Waals surface area contributed by atoms with Crippen LogP contribution < -0.4 is 9.64 Å². The number of benzene rings is 2. The zero-order valence-corrected chi connectivity index (χ0v) is 21.3. The fourth-order valence-electron chi connectivity index (χ4n) is 4.64. The molecule has 5 rings (SSSR count). The average molecular weight is 500 g/mol. The molecule has 37 heavy (non-hydrogen) atoms. The van der Waals surface area contributed by atoms with E-state index in [-0.39, 0.29) is 24.3 Å². The lowest BCUT2D eigenvalue weighted by molar-refractivity contribution is -0.141. The summed E-state index contributed by atoms with van der Waals surface area (Å²) in [5.74, 6) is 1.81. The summed E-state index contributed by atoms with van der Waals surface area (Å²) in [7, 11) is 1.64. The van der Waals surface area contributed by atoms with E-state index in [1.165, 1.54) is 5.56 Å². The summed E-state index contributed by atoms with van der Waals surface area (Å²) in [5.41, 5.74) is 2.91. The summed E-state index contributed by atoms with van der Waals surface area (Å²) in [6.07, 6.45) is 2.63. The lowest BCUT2D eigenvalue weighted by Gasteiger charge is -2.36. The number of methoxy groups -OCH3 is 1. The monoisotopic (exact) mass is 499 g/mol. The maximum absolute atomic E-state index is 13.1. The van der Waals surface area contributed by atoms with Crippen LogP contribution >= 0.6 is 0 Å². The maximum Gasteiger partial charge on any atom is 0.242 e. The second-order valence-electron chi connectivity index (χ2n) is 9.65. The summed E-state index contributed by atoms with van der Waals surface area (Å²) < 4.78 is 5.30. The summed E-state index contributed by atoms with van der Waals surface area (Å²) in [6, 6.07) is 21.8. The van der Waals surface area contributed by atoms with Crippen LogP contribution in [0, 0.1) is 5.92 Å². The molecule has 0 unspecified atom stereocenters. The third-order valence-electron chi connectivity index (χ3n) is 7.05. The molecule has 0 radical (unpaired) electrons. The van der Waals surface area contributed by atoms with Crippen LogP contribution in [0.1, 0.15) is 18.4 Å². The van der Waals surface area contributed by atoms with E-state index in [0.29, 0.717) is 32.7 Å². The van der Waals surface area contributed by atoms with Crippen LogP contribution in [0.4, 0.5) is 5.82 Å². The van der Waals surface area contributed by atoms with Crippen LogP contribution in [0.3, 0.4) is 0 Å². The normalized spacial score (nSPS) is 15.4. The molecule has 192 valence electrons. The van der Waals surface area contributed by atoms with Crippen molar-refractivity contribution in [2.75, 3.05) is 51.3 Å². The van der Waals surface area contributed by atoms with E-state index >= 15 is 0 Å². The van der Waals surface area contributed by atoms with Crippen molar-refractivity contribution in [1.82, 2.24) is 20.0 Å². The third kappa shape index (κ3) is 6.25. The summed E-state index contributed by atoms with van der Waals surface area (Å²) in [6.45, 7) is 3.28. The number of carbonyl (C=O) groups excluding carboxylic acids is 2. The second kappa shape index (κ2) is 11.4. The highest BCUT2D eigenvalue weighted by Gasteiger charge is 2.35. The summed E-state index contributed by atoms with van der Waals surface area (Å²) in [4.78, 5) is 31.8. The van der Waals surface area contributed by atoms with Gasteiger partial charge in [-0.05, 0) is 49.1 Å². The summed E-state index contributed by atoms with van der Waals surface area (Å²) >= 11 is 0. The average Bonchev–Trinajstić information content (AvgIpc) is 3.81. The lowest BCUT2D eigenvalue weighted by atomic mass is 10.1. The first kappa shape index (κ1) is 24.7. The van der Waals surface area contributed by atoms with Gasteiger partial charge in [0.25, 0.3) is 0 Å².